The molecule has 8 heteroatoms. The largest absolute Gasteiger partial charge is 0.324 e. The minimum atomic E-state index is -1.15. The highest BCUT2D eigenvalue weighted by Crippen LogP contribution is 2.31. The van der Waals surface area contributed by atoms with Gasteiger partial charge in [0.25, 0.3) is 11.8 Å². The highest BCUT2D eigenvalue weighted by molar-refractivity contribution is 6.11. The van der Waals surface area contributed by atoms with Crippen LogP contribution < -0.4 is 10.2 Å². The van der Waals surface area contributed by atoms with Crippen LogP contribution in [0.5, 0.6) is 0 Å². The summed E-state index contributed by atoms with van der Waals surface area (Å²) in [4.78, 5) is 36.5. The number of aryl methyl sites for hydroxylation is 1. The van der Waals surface area contributed by atoms with E-state index in [1.54, 1.807) is 12.1 Å². The molecule has 0 unspecified atom stereocenters. The van der Waals surface area contributed by atoms with Gasteiger partial charge in [0.15, 0.2) is 0 Å². The van der Waals surface area contributed by atoms with Gasteiger partial charge in [0, 0.05) is 23.8 Å². The predicted molar refractivity (Wildman–Crippen MR) is 124 cm³/mol. The number of benzene rings is 3. The molecule has 6 nitrogen and oxygen atoms in total. The predicted octanol–water partition coefficient (Wildman–Crippen LogP) is 5.09. The van der Waals surface area contributed by atoms with Crippen molar-refractivity contribution in [1.82, 2.24) is 9.97 Å². The summed E-state index contributed by atoms with van der Waals surface area (Å²) in [5.74, 6) is -2.08. The molecule has 0 aliphatic carbocycles. The number of hydrogen-bond acceptors (Lipinski definition) is 4. The third kappa shape index (κ3) is 5.12. The van der Waals surface area contributed by atoms with Crippen LogP contribution in [0.15, 0.2) is 91.4 Å². The highest BCUT2D eigenvalue weighted by atomic mass is 19.1. The molecule has 3 aromatic carbocycles. The van der Waals surface area contributed by atoms with Gasteiger partial charge >= 0.3 is 0 Å². The molecule has 0 radical (unpaired) electrons. The Morgan fingerprint density at radius 2 is 1.47 bits per heavy atom. The zero-order valence-electron chi connectivity index (χ0n) is 18.2. The summed E-state index contributed by atoms with van der Waals surface area (Å²) in [6, 6.07) is 16.5. The summed E-state index contributed by atoms with van der Waals surface area (Å²) in [5, 5.41) is 2.74. The maximum atomic E-state index is 13.7. The van der Waals surface area contributed by atoms with Crippen LogP contribution in [0.25, 0.3) is 0 Å². The summed E-state index contributed by atoms with van der Waals surface area (Å²) in [7, 11) is 0. The van der Waals surface area contributed by atoms with Crippen molar-refractivity contribution in [3.8, 4) is 0 Å². The van der Waals surface area contributed by atoms with E-state index < -0.39 is 29.5 Å². The maximum absolute atomic E-state index is 13.7. The lowest BCUT2D eigenvalue weighted by Crippen LogP contribution is -2.42. The molecule has 1 N–H and O–H groups in total. The third-order valence-corrected chi connectivity index (χ3v) is 5.12. The standard InChI is InChI=1S/C26H20F2N4O2/c1-17-2-4-18(5-3-17)24(25(33)31-21-10-6-19(27)7-11-21)32(22-12-8-20(28)9-13-22)26(34)23-16-29-14-15-30-23/h2-16,24H,1H3,(H,31,33)/t24-/m1/s1. The van der Waals surface area contributed by atoms with E-state index in [4.69, 9.17) is 0 Å². The van der Waals surface area contributed by atoms with E-state index in [0.717, 1.165) is 5.56 Å². The zero-order chi connectivity index (χ0) is 24.1. The number of carbonyl (C=O) groups is 2. The summed E-state index contributed by atoms with van der Waals surface area (Å²) >= 11 is 0. The third-order valence-electron chi connectivity index (χ3n) is 5.12. The summed E-state index contributed by atoms with van der Waals surface area (Å²) < 4.78 is 27.0. The van der Waals surface area contributed by atoms with Crippen LogP contribution in [-0.2, 0) is 4.79 Å². The van der Waals surface area contributed by atoms with Gasteiger partial charge in [-0.05, 0) is 61.0 Å². The molecule has 0 saturated heterocycles. The van der Waals surface area contributed by atoms with Crippen LogP contribution in [0, 0.1) is 18.6 Å². The first-order chi connectivity index (χ1) is 16.4. The number of amides is 2. The zero-order valence-corrected chi connectivity index (χ0v) is 18.2. The molecule has 4 rings (SSSR count). The molecule has 1 aromatic heterocycles. The van der Waals surface area contributed by atoms with Crippen molar-refractivity contribution in [2.75, 3.05) is 10.2 Å². The van der Waals surface area contributed by atoms with Gasteiger partial charge in [0.2, 0.25) is 0 Å². The van der Waals surface area contributed by atoms with E-state index in [0.29, 0.717) is 11.3 Å². The maximum Gasteiger partial charge on any atom is 0.279 e. The summed E-state index contributed by atoms with van der Waals surface area (Å²) in [5.41, 5.74) is 2.15. The fraction of sp³-hybridized carbons (Fsp3) is 0.0769. The lowest BCUT2D eigenvalue weighted by molar-refractivity contribution is -0.117. The molecule has 4 aromatic rings. The van der Waals surface area contributed by atoms with Crippen molar-refractivity contribution in [2.45, 2.75) is 13.0 Å². The molecule has 0 bridgehead atoms. The quantitative estimate of drug-likeness (QED) is 0.437. The number of carbonyl (C=O) groups excluding carboxylic acids is 2. The van der Waals surface area contributed by atoms with Gasteiger partial charge in [-0.15, -0.1) is 0 Å². The molecule has 170 valence electrons. The van der Waals surface area contributed by atoms with Crippen molar-refractivity contribution in [3.63, 3.8) is 0 Å². The Hall–Kier alpha value is -4.46. The summed E-state index contributed by atoms with van der Waals surface area (Å²) in [6.07, 6.45) is 4.09. The number of aromatic nitrogens is 2. The first-order valence-corrected chi connectivity index (χ1v) is 10.4. The van der Waals surface area contributed by atoms with E-state index in [-0.39, 0.29) is 11.4 Å². The molecule has 1 atom stereocenters. The number of rotatable bonds is 6. The van der Waals surface area contributed by atoms with Gasteiger partial charge in [-0.2, -0.15) is 0 Å². The SMILES string of the molecule is Cc1ccc([C@H](C(=O)Nc2ccc(F)cc2)N(C(=O)c2cnccn2)c2ccc(F)cc2)cc1. The second kappa shape index (κ2) is 9.99. The highest BCUT2D eigenvalue weighted by Gasteiger charge is 2.34. The van der Waals surface area contributed by atoms with Crippen LogP contribution in [0.4, 0.5) is 20.2 Å². The fourth-order valence-corrected chi connectivity index (χ4v) is 3.43. The summed E-state index contributed by atoms with van der Waals surface area (Å²) in [6.45, 7) is 1.90. The molecular formula is C26H20F2N4O2. The minimum Gasteiger partial charge on any atom is -0.324 e. The second-order valence-electron chi connectivity index (χ2n) is 7.55. The second-order valence-corrected chi connectivity index (χ2v) is 7.55. The Kier molecular flexibility index (Phi) is 6.68. The Morgan fingerprint density at radius 3 is 2.06 bits per heavy atom. The van der Waals surface area contributed by atoms with E-state index in [2.05, 4.69) is 15.3 Å². The van der Waals surface area contributed by atoms with Crippen molar-refractivity contribution >= 4 is 23.2 Å². The molecule has 0 saturated carbocycles. The Labute approximate surface area is 194 Å². The van der Waals surface area contributed by atoms with Crippen molar-refractivity contribution in [3.05, 3.63) is 120 Å². The first kappa shape index (κ1) is 22.7. The van der Waals surface area contributed by atoms with Gasteiger partial charge in [-0.3, -0.25) is 19.5 Å². The monoisotopic (exact) mass is 458 g/mol. The first-order valence-electron chi connectivity index (χ1n) is 10.4. The van der Waals surface area contributed by atoms with E-state index in [1.165, 1.54) is 72.0 Å². The Bertz CT molecular complexity index is 1280. The van der Waals surface area contributed by atoms with Crippen LogP contribution in [0.3, 0.4) is 0 Å². The molecule has 0 fully saturated rings. The average molecular weight is 458 g/mol. The lowest BCUT2D eigenvalue weighted by atomic mass is 10.0. The normalized spacial score (nSPS) is 11.5. The topological polar surface area (TPSA) is 75.2 Å². The van der Waals surface area contributed by atoms with Crippen LogP contribution >= 0.6 is 0 Å². The number of nitrogens with zero attached hydrogens (tertiary/aromatic N) is 3. The van der Waals surface area contributed by atoms with Crippen LogP contribution in [-0.4, -0.2) is 21.8 Å². The molecule has 0 aliphatic heterocycles. The molecular weight excluding hydrogens is 438 g/mol. The van der Waals surface area contributed by atoms with Gasteiger partial charge in [-0.25, -0.2) is 13.8 Å². The molecule has 2 amide bonds. The van der Waals surface area contributed by atoms with Crippen LogP contribution in [0.2, 0.25) is 0 Å². The van der Waals surface area contributed by atoms with Crippen molar-refractivity contribution < 1.29 is 18.4 Å². The van der Waals surface area contributed by atoms with Gasteiger partial charge in [0.1, 0.15) is 23.4 Å². The molecule has 0 aliphatic rings. The van der Waals surface area contributed by atoms with Gasteiger partial charge < -0.3 is 5.32 Å². The van der Waals surface area contributed by atoms with E-state index in [1.807, 2.05) is 19.1 Å². The fourth-order valence-electron chi connectivity index (χ4n) is 3.43. The number of hydrogen-bond donors (Lipinski definition) is 1. The number of nitrogens with one attached hydrogen (secondary N) is 1. The van der Waals surface area contributed by atoms with E-state index >= 15 is 0 Å². The molecule has 34 heavy (non-hydrogen) atoms. The van der Waals surface area contributed by atoms with Gasteiger partial charge in [-0.1, -0.05) is 29.8 Å². The van der Waals surface area contributed by atoms with Crippen molar-refractivity contribution in [1.29, 1.82) is 0 Å². The molecule has 0 spiro atoms. The average Bonchev–Trinajstić information content (AvgIpc) is 2.85. The number of anilines is 2. The smallest absolute Gasteiger partial charge is 0.279 e. The van der Waals surface area contributed by atoms with Gasteiger partial charge in [0.05, 0.1) is 6.20 Å². The van der Waals surface area contributed by atoms with Crippen LogP contribution in [0.1, 0.15) is 27.7 Å². The minimum absolute atomic E-state index is 0.0125. The Morgan fingerprint density at radius 1 is 0.853 bits per heavy atom. The number of halogens is 2. The van der Waals surface area contributed by atoms with Crippen molar-refractivity contribution in [2.24, 2.45) is 0 Å². The Balaban J connectivity index is 1.83. The lowest BCUT2D eigenvalue weighted by Gasteiger charge is -2.31. The molecule has 1 heterocycles. The van der Waals surface area contributed by atoms with E-state index in [9.17, 15) is 18.4 Å².